The highest BCUT2D eigenvalue weighted by Crippen LogP contribution is 2.14. The highest BCUT2D eigenvalue weighted by molar-refractivity contribution is 14.1. The van der Waals surface area contributed by atoms with Crippen LogP contribution >= 0.6 is 22.6 Å². The van der Waals surface area contributed by atoms with E-state index in [0.717, 1.165) is 3.57 Å². The van der Waals surface area contributed by atoms with E-state index in [0.29, 0.717) is 5.75 Å². The molecule has 0 atom stereocenters. The summed E-state index contributed by atoms with van der Waals surface area (Å²) < 4.78 is 6.36. The number of hydrogen-bond donors (Lipinski definition) is 1. The Hall–Kier alpha value is -1.31. The van der Waals surface area contributed by atoms with E-state index < -0.39 is 5.97 Å². The first-order valence-corrected chi connectivity index (χ1v) is 6.41. The van der Waals surface area contributed by atoms with Crippen LogP contribution < -0.4 is 4.74 Å². The molecule has 0 aliphatic heterocycles. The molecule has 0 aliphatic carbocycles. The van der Waals surface area contributed by atoms with Crippen LogP contribution in [0.1, 0.15) is 6.42 Å². The van der Waals surface area contributed by atoms with Gasteiger partial charge in [0.2, 0.25) is 0 Å². The molecule has 0 saturated carbocycles. The van der Waals surface area contributed by atoms with Gasteiger partial charge < -0.3 is 14.7 Å². The Kier molecular flexibility index (Phi) is 5.90. The Labute approximate surface area is 119 Å². The SMILES string of the molecule is CN(CCC(=O)O)C(=O)COc1cccc(I)c1. The molecule has 1 rings (SSSR count). The van der Waals surface area contributed by atoms with E-state index in [1.54, 1.807) is 13.1 Å². The first kappa shape index (κ1) is 14.7. The van der Waals surface area contributed by atoms with E-state index in [9.17, 15) is 9.59 Å². The molecule has 18 heavy (non-hydrogen) atoms. The maximum Gasteiger partial charge on any atom is 0.305 e. The maximum atomic E-state index is 11.6. The number of halogens is 1. The number of carbonyl (C=O) groups is 2. The summed E-state index contributed by atoms with van der Waals surface area (Å²) in [4.78, 5) is 23.3. The lowest BCUT2D eigenvalue weighted by Gasteiger charge is -2.16. The van der Waals surface area contributed by atoms with E-state index in [2.05, 4.69) is 22.6 Å². The van der Waals surface area contributed by atoms with Gasteiger partial charge in [-0.05, 0) is 40.8 Å². The fourth-order valence-corrected chi connectivity index (χ4v) is 1.71. The van der Waals surface area contributed by atoms with Crippen LogP contribution in [-0.4, -0.2) is 42.1 Å². The smallest absolute Gasteiger partial charge is 0.305 e. The normalized spacial score (nSPS) is 9.89. The van der Waals surface area contributed by atoms with Gasteiger partial charge in [-0.2, -0.15) is 0 Å². The molecule has 1 aromatic rings. The summed E-state index contributed by atoms with van der Waals surface area (Å²) in [7, 11) is 1.56. The molecule has 0 spiro atoms. The molecule has 98 valence electrons. The third-order valence-corrected chi connectivity index (χ3v) is 2.92. The topological polar surface area (TPSA) is 66.8 Å². The van der Waals surface area contributed by atoms with Crippen LogP contribution in [0.5, 0.6) is 5.75 Å². The minimum atomic E-state index is -0.923. The van der Waals surface area contributed by atoms with Crippen LogP contribution in [0.15, 0.2) is 24.3 Å². The fraction of sp³-hybridized carbons (Fsp3) is 0.333. The van der Waals surface area contributed by atoms with Gasteiger partial charge >= 0.3 is 5.97 Å². The molecule has 0 fully saturated rings. The Balaban J connectivity index is 2.38. The number of carboxylic acid groups (broad SMARTS) is 1. The quantitative estimate of drug-likeness (QED) is 0.780. The summed E-state index contributed by atoms with van der Waals surface area (Å²) in [5.74, 6) is -0.537. The Morgan fingerprint density at radius 1 is 1.44 bits per heavy atom. The Morgan fingerprint density at radius 3 is 2.78 bits per heavy atom. The largest absolute Gasteiger partial charge is 0.484 e. The third kappa shape index (κ3) is 5.35. The predicted octanol–water partition coefficient (Wildman–Crippen LogP) is 1.60. The van der Waals surface area contributed by atoms with Crippen molar-refractivity contribution in [3.63, 3.8) is 0 Å². The van der Waals surface area contributed by atoms with E-state index in [4.69, 9.17) is 9.84 Å². The molecule has 0 unspecified atom stereocenters. The predicted molar refractivity (Wildman–Crippen MR) is 74.5 cm³/mol. The Bertz CT molecular complexity index is 436. The molecular formula is C12H14INO4. The molecule has 0 heterocycles. The van der Waals surface area contributed by atoms with Crippen molar-refractivity contribution in [3.8, 4) is 5.75 Å². The highest BCUT2D eigenvalue weighted by atomic mass is 127. The van der Waals surface area contributed by atoms with Crippen molar-refractivity contribution >= 4 is 34.5 Å². The molecule has 0 radical (unpaired) electrons. The van der Waals surface area contributed by atoms with Gasteiger partial charge in [0.05, 0.1) is 6.42 Å². The number of rotatable bonds is 6. The number of nitrogens with zero attached hydrogens (tertiary/aromatic N) is 1. The van der Waals surface area contributed by atoms with Gasteiger partial charge in [-0.3, -0.25) is 9.59 Å². The molecule has 1 aromatic carbocycles. The average Bonchev–Trinajstić information content (AvgIpc) is 2.33. The van der Waals surface area contributed by atoms with Crippen LogP contribution in [0.4, 0.5) is 0 Å². The van der Waals surface area contributed by atoms with Crippen molar-refractivity contribution in [3.05, 3.63) is 27.8 Å². The van der Waals surface area contributed by atoms with Gasteiger partial charge in [0, 0.05) is 17.2 Å². The first-order chi connectivity index (χ1) is 8.49. The highest BCUT2D eigenvalue weighted by Gasteiger charge is 2.10. The zero-order chi connectivity index (χ0) is 13.5. The van der Waals surface area contributed by atoms with Crippen molar-refractivity contribution < 1.29 is 19.4 Å². The van der Waals surface area contributed by atoms with Crippen molar-refractivity contribution in [1.29, 1.82) is 0 Å². The molecule has 0 aromatic heterocycles. The monoisotopic (exact) mass is 363 g/mol. The van der Waals surface area contributed by atoms with Crippen molar-refractivity contribution in [2.45, 2.75) is 6.42 Å². The summed E-state index contributed by atoms with van der Waals surface area (Å²) in [6.07, 6.45) is -0.0640. The molecule has 1 amide bonds. The van der Waals surface area contributed by atoms with Gasteiger partial charge in [-0.15, -0.1) is 0 Å². The summed E-state index contributed by atoms with van der Waals surface area (Å²) in [6.45, 7) is 0.0973. The van der Waals surface area contributed by atoms with E-state index in [1.807, 2.05) is 18.2 Å². The van der Waals surface area contributed by atoms with Crippen LogP contribution in [0.3, 0.4) is 0 Å². The number of benzene rings is 1. The number of hydrogen-bond acceptors (Lipinski definition) is 3. The van der Waals surface area contributed by atoms with Crippen LogP contribution in [0.25, 0.3) is 0 Å². The number of carbonyl (C=O) groups excluding carboxylic acids is 1. The van der Waals surface area contributed by atoms with Crippen molar-refractivity contribution in [1.82, 2.24) is 4.90 Å². The lowest BCUT2D eigenvalue weighted by molar-refractivity contribution is -0.138. The minimum Gasteiger partial charge on any atom is -0.484 e. The fourth-order valence-electron chi connectivity index (χ4n) is 1.20. The summed E-state index contributed by atoms with van der Waals surface area (Å²) in [5, 5.41) is 8.51. The standard InChI is InChI=1S/C12H14INO4/c1-14(6-5-12(16)17)11(15)8-18-10-4-2-3-9(13)7-10/h2-4,7H,5-6,8H2,1H3,(H,16,17). The number of likely N-dealkylation sites (N-methyl/N-ethyl adjacent to an activating group) is 1. The second-order valence-electron chi connectivity index (χ2n) is 3.71. The van der Waals surface area contributed by atoms with Crippen LogP contribution in [0.2, 0.25) is 0 Å². The van der Waals surface area contributed by atoms with Crippen molar-refractivity contribution in [2.24, 2.45) is 0 Å². The van der Waals surface area contributed by atoms with Gasteiger partial charge in [0.1, 0.15) is 5.75 Å². The molecule has 0 saturated heterocycles. The molecule has 0 bridgehead atoms. The lowest BCUT2D eigenvalue weighted by atomic mass is 10.3. The van der Waals surface area contributed by atoms with E-state index >= 15 is 0 Å². The zero-order valence-corrected chi connectivity index (χ0v) is 12.1. The number of amides is 1. The zero-order valence-electron chi connectivity index (χ0n) is 9.93. The third-order valence-electron chi connectivity index (χ3n) is 2.25. The molecule has 6 heteroatoms. The lowest BCUT2D eigenvalue weighted by Crippen LogP contribution is -2.33. The average molecular weight is 363 g/mol. The number of ether oxygens (including phenoxy) is 1. The first-order valence-electron chi connectivity index (χ1n) is 5.33. The number of aliphatic carboxylic acids is 1. The van der Waals surface area contributed by atoms with E-state index in [-0.39, 0.29) is 25.5 Å². The summed E-state index contributed by atoms with van der Waals surface area (Å²) in [5.41, 5.74) is 0. The van der Waals surface area contributed by atoms with Gasteiger partial charge in [0.15, 0.2) is 6.61 Å². The summed E-state index contributed by atoms with van der Waals surface area (Å²) in [6, 6.07) is 7.36. The molecule has 5 nitrogen and oxygen atoms in total. The second kappa shape index (κ2) is 7.20. The maximum absolute atomic E-state index is 11.6. The summed E-state index contributed by atoms with van der Waals surface area (Å²) >= 11 is 2.16. The van der Waals surface area contributed by atoms with Gasteiger partial charge in [0.25, 0.3) is 5.91 Å². The van der Waals surface area contributed by atoms with Gasteiger partial charge in [-0.25, -0.2) is 0 Å². The minimum absolute atomic E-state index is 0.0640. The van der Waals surface area contributed by atoms with Crippen LogP contribution in [-0.2, 0) is 9.59 Å². The van der Waals surface area contributed by atoms with E-state index in [1.165, 1.54) is 4.90 Å². The van der Waals surface area contributed by atoms with Gasteiger partial charge in [-0.1, -0.05) is 6.07 Å². The molecular weight excluding hydrogens is 349 g/mol. The van der Waals surface area contributed by atoms with Crippen molar-refractivity contribution in [2.75, 3.05) is 20.2 Å². The second-order valence-corrected chi connectivity index (χ2v) is 4.95. The molecule has 1 N–H and O–H groups in total. The van der Waals surface area contributed by atoms with Crippen LogP contribution in [0, 0.1) is 3.57 Å². The number of carboxylic acids is 1. The molecule has 0 aliphatic rings. The Morgan fingerprint density at radius 2 is 2.17 bits per heavy atom.